The number of fused-ring (bicyclic) bond motifs is 1. The molecule has 1 unspecified atom stereocenters. The molecule has 0 saturated heterocycles. The van der Waals surface area contributed by atoms with Crippen LogP contribution < -0.4 is 4.74 Å². The quantitative estimate of drug-likeness (QED) is 0.595. The topological polar surface area (TPSA) is 58.2 Å². The fourth-order valence-electron chi connectivity index (χ4n) is 4.87. The van der Waals surface area contributed by atoms with E-state index < -0.39 is 0 Å². The number of carbonyl (C=O) groups is 1. The van der Waals surface area contributed by atoms with Gasteiger partial charge in [-0.2, -0.15) is 5.10 Å². The summed E-state index contributed by atoms with van der Waals surface area (Å²) in [5.41, 5.74) is 4.33. The first-order valence-corrected chi connectivity index (χ1v) is 10.9. The molecule has 5 nitrogen and oxygen atoms in total. The number of hydrogen-bond acceptors (Lipinski definition) is 3. The van der Waals surface area contributed by atoms with Gasteiger partial charge >= 0.3 is 0 Å². The van der Waals surface area contributed by atoms with Crippen molar-refractivity contribution in [2.45, 2.75) is 44.2 Å². The molecule has 2 heterocycles. The first kappa shape index (κ1) is 19.2. The van der Waals surface area contributed by atoms with Crippen molar-refractivity contribution in [1.82, 2.24) is 15.1 Å². The van der Waals surface area contributed by atoms with E-state index in [0.29, 0.717) is 10.7 Å². The van der Waals surface area contributed by atoms with Crippen LogP contribution in [0.25, 0.3) is 11.3 Å². The number of aromatic nitrogens is 2. The summed E-state index contributed by atoms with van der Waals surface area (Å²) in [5, 5.41) is 8.26. The lowest BCUT2D eigenvalue weighted by molar-refractivity contribution is 0.0606. The Hall–Kier alpha value is -2.79. The van der Waals surface area contributed by atoms with E-state index in [9.17, 15) is 4.79 Å². The number of rotatable bonds is 4. The van der Waals surface area contributed by atoms with Crippen LogP contribution in [-0.2, 0) is 0 Å². The molecule has 6 heteroatoms. The number of hydrogen-bond donors (Lipinski definition) is 1. The smallest absolute Gasteiger partial charge is 0.273 e. The van der Waals surface area contributed by atoms with Gasteiger partial charge in [-0.15, -0.1) is 0 Å². The summed E-state index contributed by atoms with van der Waals surface area (Å²) < 4.78 is 5.29. The molecular weight excluding hydrogens is 398 g/mol. The van der Waals surface area contributed by atoms with Crippen molar-refractivity contribution < 1.29 is 9.53 Å². The SMILES string of the molecule is COc1ccc(-c2n[nH]c3c2C(c2cccc(Cl)c2)N(C2CCCCC2)C3=O)cc1. The van der Waals surface area contributed by atoms with Crippen LogP contribution in [0.3, 0.4) is 0 Å². The van der Waals surface area contributed by atoms with Crippen molar-refractivity contribution in [3.63, 3.8) is 0 Å². The van der Waals surface area contributed by atoms with Crippen molar-refractivity contribution >= 4 is 17.5 Å². The Labute approximate surface area is 181 Å². The van der Waals surface area contributed by atoms with Gasteiger partial charge in [0.05, 0.1) is 18.8 Å². The molecule has 1 aliphatic carbocycles. The van der Waals surface area contributed by atoms with Gasteiger partial charge in [-0.1, -0.05) is 43.0 Å². The Kier molecular flexibility index (Phi) is 4.99. The third kappa shape index (κ3) is 3.18. The van der Waals surface area contributed by atoms with Gasteiger partial charge in [0, 0.05) is 22.2 Å². The van der Waals surface area contributed by atoms with Crippen molar-refractivity contribution in [2.75, 3.05) is 7.11 Å². The van der Waals surface area contributed by atoms with Crippen LogP contribution in [0.15, 0.2) is 48.5 Å². The third-order valence-electron chi connectivity index (χ3n) is 6.30. The standard InChI is InChI=1S/C24H24ClN3O2/c1-30-19-12-10-15(11-13-19)21-20-22(27-26-21)24(29)28(18-8-3-2-4-9-18)23(20)16-6-5-7-17(25)14-16/h5-7,10-14,18,23H,2-4,8-9H2,1H3,(H,26,27). The number of nitrogens with zero attached hydrogens (tertiary/aromatic N) is 2. The second-order valence-corrected chi connectivity index (χ2v) is 8.49. The van der Waals surface area contributed by atoms with Crippen LogP contribution in [0, 0.1) is 0 Å². The highest BCUT2D eigenvalue weighted by Gasteiger charge is 2.45. The molecule has 1 fully saturated rings. The first-order chi connectivity index (χ1) is 14.7. The van der Waals surface area contributed by atoms with E-state index in [0.717, 1.165) is 53.8 Å². The van der Waals surface area contributed by atoms with Crippen LogP contribution in [0.5, 0.6) is 5.75 Å². The van der Waals surface area contributed by atoms with Gasteiger partial charge in [-0.3, -0.25) is 9.89 Å². The molecule has 1 aliphatic heterocycles. The molecule has 0 radical (unpaired) electrons. The summed E-state index contributed by atoms with van der Waals surface area (Å²) >= 11 is 6.34. The van der Waals surface area contributed by atoms with Crippen molar-refractivity contribution in [1.29, 1.82) is 0 Å². The van der Waals surface area contributed by atoms with Crippen LogP contribution >= 0.6 is 11.6 Å². The van der Waals surface area contributed by atoms with Crippen LogP contribution in [-0.4, -0.2) is 34.2 Å². The van der Waals surface area contributed by atoms with Crippen molar-refractivity contribution in [3.05, 3.63) is 70.4 Å². The number of aromatic amines is 1. The Bertz CT molecular complexity index is 1070. The summed E-state index contributed by atoms with van der Waals surface area (Å²) in [6, 6.07) is 15.7. The molecule has 5 rings (SSSR count). The zero-order valence-corrected chi connectivity index (χ0v) is 17.7. The van der Waals surface area contributed by atoms with E-state index in [-0.39, 0.29) is 18.0 Å². The van der Waals surface area contributed by atoms with Gasteiger partial charge in [0.2, 0.25) is 0 Å². The minimum Gasteiger partial charge on any atom is -0.497 e. The highest BCUT2D eigenvalue weighted by atomic mass is 35.5. The van der Waals surface area contributed by atoms with Gasteiger partial charge in [0.15, 0.2) is 0 Å². The number of halogens is 1. The Balaban J connectivity index is 1.64. The summed E-state index contributed by atoms with van der Waals surface area (Å²) in [7, 11) is 1.65. The van der Waals surface area contributed by atoms with Crippen LogP contribution in [0.1, 0.15) is 59.8 Å². The summed E-state index contributed by atoms with van der Waals surface area (Å²) in [4.78, 5) is 15.6. The molecule has 30 heavy (non-hydrogen) atoms. The number of benzene rings is 2. The molecule has 2 aliphatic rings. The van der Waals surface area contributed by atoms with Crippen LogP contribution in [0.4, 0.5) is 0 Å². The summed E-state index contributed by atoms with van der Waals surface area (Å²) in [6.07, 6.45) is 5.64. The maximum absolute atomic E-state index is 13.5. The van der Waals surface area contributed by atoms with Gasteiger partial charge < -0.3 is 9.64 Å². The predicted octanol–water partition coefficient (Wildman–Crippen LogP) is 5.62. The number of H-pyrrole nitrogens is 1. The highest BCUT2D eigenvalue weighted by molar-refractivity contribution is 6.30. The fraction of sp³-hybridized carbons (Fsp3) is 0.333. The molecule has 154 valence electrons. The second kappa shape index (κ2) is 7.80. The maximum atomic E-state index is 13.5. The van der Waals surface area contributed by atoms with E-state index >= 15 is 0 Å². The zero-order valence-electron chi connectivity index (χ0n) is 16.9. The molecule has 1 atom stereocenters. The zero-order chi connectivity index (χ0) is 20.7. The van der Waals surface area contributed by atoms with E-state index in [1.54, 1.807) is 7.11 Å². The average molecular weight is 422 g/mol. The fourth-order valence-corrected chi connectivity index (χ4v) is 5.07. The van der Waals surface area contributed by atoms with E-state index in [1.165, 1.54) is 6.42 Å². The largest absolute Gasteiger partial charge is 0.497 e. The van der Waals surface area contributed by atoms with Crippen molar-refractivity contribution in [3.8, 4) is 17.0 Å². The number of nitrogens with one attached hydrogen (secondary N) is 1. The van der Waals surface area contributed by atoms with E-state index in [2.05, 4.69) is 21.2 Å². The average Bonchev–Trinajstić information content (AvgIpc) is 3.33. The molecule has 0 bridgehead atoms. The highest BCUT2D eigenvalue weighted by Crippen LogP contribution is 2.46. The Morgan fingerprint density at radius 2 is 1.87 bits per heavy atom. The predicted molar refractivity (Wildman–Crippen MR) is 117 cm³/mol. The molecule has 1 aromatic heterocycles. The number of ether oxygens (including phenoxy) is 1. The van der Waals surface area contributed by atoms with Gasteiger partial charge in [0.25, 0.3) is 5.91 Å². The lowest BCUT2D eigenvalue weighted by Gasteiger charge is -2.36. The molecule has 0 spiro atoms. The lowest BCUT2D eigenvalue weighted by Crippen LogP contribution is -2.40. The number of methoxy groups -OCH3 is 1. The molecule has 1 saturated carbocycles. The normalized spacial score (nSPS) is 19.2. The summed E-state index contributed by atoms with van der Waals surface area (Å²) in [5.74, 6) is 0.825. The number of carbonyl (C=O) groups excluding carboxylic acids is 1. The van der Waals surface area contributed by atoms with E-state index in [1.807, 2.05) is 42.5 Å². The monoisotopic (exact) mass is 421 g/mol. The van der Waals surface area contributed by atoms with Gasteiger partial charge in [0.1, 0.15) is 11.4 Å². The Morgan fingerprint density at radius 3 is 2.57 bits per heavy atom. The van der Waals surface area contributed by atoms with Gasteiger partial charge in [-0.05, 0) is 54.8 Å². The molecule has 3 aromatic rings. The number of amides is 1. The third-order valence-corrected chi connectivity index (χ3v) is 6.54. The molecule has 2 aromatic carbocycles. The summed E-state index contributed by atoms with van der Waals surface area (Å²) in [6.45, 7) is 0. The molecule has 1 amide bonds. The first-order valence-electron chi connectivity index (χ1n) is 10.5. The second-order valence-electron chi connectivity index (χ2n) is 8.05. The minimum absolute atomic E-state index is 0.0362. The minimum atomic E-state index is -0.190. The van der Waals surface area contributed by atoms with Crippen LogP contribution in [0.2, 0.25) is 5.02 Å². The van der Waals surface area contributed by atoms with Crippen molar-refractivity contribution in [2.24, 2.45) is 0 Å². The van der Waals surface area contributed by atoms with E-state index in [4.69, 9.17) is 16.3 Å². The molecular formula is C24H24ClN3O2. The van der Waals surface area contributed by atoms with Gasteiger partial charge in [-0.25, -0.2) is 0 Å². The Morgan fingerprint density at radius 1 is 1.10 bits per heavy atom. The maximum Gasteiger partial charge on any atom is 0.273 e. The molecule has 1 N–H and O–H groups in total. The lowest BCUT2D eigenvalue weighted by atomic mass is 9.91.